The van der Waals surface area contributed by atoms with Gasteiger partial charge in [0.25, 0.3) is 0 Å². The van der Waals surface area contributed by atoms with Gasteiger partial charge in [-0.05, 0) is 25.5 Å². The van der Waals surface area contributed by atoms with Crippen molar-refractivity contribution in [3.05, 3.63) is 29.8 Å². The lowest BCUT2D eigenvalue weighted by Crippen LogP contribution is -2.30. The van der Waals surface area contributed by atoms with E-state index >= 15 is 0 Å². The molecule has 1 amide bonds. The monoisotopic (exact) mass is 207 g/mol. The molecule has 1 aromatic rings. The summed E-state index contributed by atoms with van der Waals surface area (Å²) in [5, 5.41) is 0. The SMILES string of the molecule is CCCN(C)C(=O)Oc1ccc(C)cc1. The fourth-order valence-corrected chi connectivity index (χ4v) is 1.21. The number of rotatable bonds is 3. The van der Waals surface area contributed by atoms with Crippen molar-refractivity contribution in [1.29, 1.82) is 0 Å². The molecule has 3 nitrogen and oxygen atoms in total. The Labute approximate surface area is 90.7 Å². The molecule has 0 aliphatic carbocycles. The smallest absolute Gasteiger partial charge is 0.410 e. The summed E-state index contributed by atoms with van der Waals surface area (Å²) in [5.41, 5.74) is 1.15. The average Bonchev–Trinajstić information content (AvgIpc) is 2.22. The number of nitrogens with zero attached hydrogens (tertiary/aromatic N) is 1. The van der Waals surface area contributed by atoms with Crippen molar-refractivity contribution in [2.24, 2.45) is 0 Å². The first kappa shape index (κ1) is 11.6. The first-order valence-corrected chi connectivity index (χ1v) is 5.13. The van der Waals surface area contributed by atoms with Crippen LogP contribution < -0.4 is 4.74 Å². The van der Waals surface area contributed by atoms with Gasteiger partial charge in [0.15, 0.2) is 0 Å². The van der Waals surface area contributed by atoms with Crippen LogP contribution in [-0.4, -0.2) is 24.6 Å². The van der Waals surface area contributed by atoms with Crippen molar-refractivity contribution in [2.45, 2.75) is 20.3 Å². The summed E-state index contributed by atoms with van der Waals surface area (Å²) in [6.07, 6.45) is 0.625. The molecule has 82 valence electrons. The summed E-state index contributed by atoms with van der Waals surface area (Å²) in [5.74, 6) is 0.591. The van der Waals surface area contributed by atoms with Gasteiger partial charge < -0.3 is 9.64 Å². The van der Waals surface area contributed by atoms with E-state index < -0.39 is 0 Å². The van der Waals surface area contributed by atoms with Crippen LogP contribution in [0.4, 0.5) is 4.79 Å². The van der Waals surface area contributed by atoms with Crippen LogP contribution >= 0.6 is 0 Å². The van der Waals surface area contributed by atoms with Gasteiger partial charge in [0.2, 0.25) is 0 Å². The van der Waals surface area contributed by atoms with E-state index in [1.165, 1.54) is 0 Å². The van der Waals surface area contributed by atoms with Gasteiger partial charge in [0, 0.05) is 13.6 Å². The van der Waals surface area contributed by atoms with Crippen molar-refractivity contribution in [2.75, 3.05) is 13.6 Å². The van der Waals surface area contributed by atoms with Crippen LogP contribution in [-0.2, 0) is 0 Å². The van der Waals surface area contributed by atoms with E-state index in [4.69, 9.17) is 4.74 Å². The molecule has 1 rings (SSSR count). The van der Waals surface area contributed by atoms with E-state index in [0.717, 1.165) is 12.0 Å². The van der Waals surface area contributed by atoms with Crippen molar-refractivity contribution >= 4 is 6.09 Å². The van der Waals surface area contributed by atoms with Crippen molar-refractivity contribution in [3.63, 3.8) is 0 Å². The zero-order valence-corrected chi connectivity index (χ0v) is 9.49. The Kier molecular flexibility index (Phi) is 4.16. The zero-order valence-electron chi connectivity index (χ0n) is 9.49. The highest BCUT2D eigenvalue weighted by Gasteiger charge is 2.09. The number of hydrogen-bond acceptors (Lipinski definition) is 2. The largest absolute Gasteiger partial charge is 0.414 e. The molecule has 1 aromatic carbocycles. The molecule has 0 saturated carbocycles. The van der Waals surface area contributed by atoms with Gasteiger partial charge in [-0.1, -0.05) is 24.6 Å². The number of aryl methyl sites for hydroxylation is 1. The van der Waals surface area contributed by atoms with Gasteiger partial charge in [0.1, 0.15) is 5.75 Å². The second kappa shape index (κ2) is 5.39. The molecular weight excluding hydrogens is 190 g/mol. The maximum atomic E-state index is 11.5. The molecule has 0 heterocycles. The van der Waals surface area contributed by atoms with Gasteiger partial charge in [-0.2, -0.15) is 0 Å². The first-order valence-electron chi connectivity index (χ1n) is 5.13. The van der Waals surface area contributed by atoms with Crippen LogP contribution in [0.25, 0.3) is 0 Å². The summed E-state index contributed by atoms with van der Waals surface area (Å²) in [7, 11) is 1.74. The maximum Gasteiger partial charge on any atom is 0.414 e. The van der Waals surface area contributed by atoms with E-state index in [0.29, 0.717) is 12.3 Å². The predicted molar refractivity (Wildman–Crippen MR) is 60.1 cm³/mol. The molecule has 15 heavy (non-hydrogen) atoms. The number of hydrogen-bond donors (Lipinski definition) is 0. The van der Waals surface area contributed by atoms with Crippen LogP contribution in [0.5, 0.6) is 5.75 Å². The number of ether oxygens (including phenoxy) is 1. The van der Waals surface area contributed by atoms with Gasteiger partial charge in [-0.15, -0.1) is 0 Å². The fraction of sp³-hybridized carbons (Fsp3) is 0.417. The Balaban J connectivity index is 2.54. The highest BCUT2D eigenvalue weighted by Crippen LogP contribution is 2.12. The maximum absolute atomic E-state index is 11.5. The number of carbonyl (C=O) groups excluding carboxylic acids is 1. The lowest BCUT2D eigenvalue weighted by molar-refractivity contribution is 0.163. The van der Waals surface area contributed by atoms with E-state index in [-0.39, 0.29) is 6.09 Å². The van der Waals surface area contributed by atoms with Crippen molar-refractivity contribution in [3.8, 4) is 5.75 Å². The summed E-state index contributed by atoms with van der Waals surface area (Å²) >= 11 is 0. The van der Waals surface area contributed by atoms with E-state index in [1.54, 1.807) is 24.1 Å². The summed E-state index contributed by atoms with van der Waals surface area (Å²) in [4.78, 5) is 13.1. The van der Waals surface area contributed by atoms with E-state index in [9.17, 15) is 4.79 Å². The lowest BCUT2D eigenvalue weighted by atomic mass is 10.2. The molecule has 0 radical (unpaired) electrons. The summed E-state index contributed by atoms with van der Waals surface area (Å²) in [6, 6.07) is 7.44. The van der Waals surface area contributed by atoms with Crippen LogP contribution in [0.15, 0.2) is 24.3 Å². The molecule has 0 spiro atoms. The minimum Gasteiger partial charge on any atom is -0.410 e. The standard InChI is InChI=1S/C12H17NO2/c1-4-9-13(3)12(14)15-11-7-5-10(2)6-8-11/h5-8H,4,9H2,1-3H3. The second-order valence-electron chi connectivity index (χ2n) is 3.60. The molecule has 0 unspecified atom stereocenters. The molecule has 0 atom stereocenters. The van der Waals surface area contributed by atoms with Gasteiger partial charge in [0.05, 0.1) is 0 Å². The molecule has 0 fully saturated rings. The molecule has 3 heteroatoms. The predicted octanol–water partition coefficient (Wildman–Crippen LogP) is 2.84. The Morgan fingerprint density at radius 2 is 1.93 bits per heavy atom. The van der Waals surface area contributed by atoms with Gasteiger partial charge in [-0.3, -0.25) is 0 Å². The van der Waals surface area contributed by atoms with Crippen LogP contribution in [0.1, 0.15) is 18.9 Å². The number of carbonyl (C=O) groups is 1. The Morgan fingerprint density at radius 3 is 2.47 bits per heavy atom. The fourth-order valence-electron chi connectivity index (χ4n) is 1.21. The minimum absolute atomic E-state index is 0.305. The van der Waals surface area contributed by atoms with Crippen LogP contribution in [0.2, 0.25) is 0 Å². The van der Waals surface area contributed by atoms with Crippen LogP contribution in [0.3, 0.4) is 0 Å². The Hall–Kier alpha value is -1.51. The molecule has 0 aliphatic rings. The third-order valence-corrected chi connectivity index (χ3v) is 2.10. The van der Waals surface area contributed by atoms with E-state index in [1.807, 2.05) is 26.0 Å². The van der Waals surface area contributed by atoms with Crippen LogP contribution in [0, 0.1) is 6.92 Å². The van der Waals surface area contributed by atoms with Gasteiger partial charge >= 0.3 is 6.09 Å². The lowest BCUT2D eigenvalue weighted by Gasteiger charge is -2.15. The Bertz CT molecular complexity index is 319. The molecule has 0 aromatic heterocycles. The number of benzene rings is 1. The number of amides is 1. The van der Waals surface area contributed by atoms with Crippen molar-refractivity contribution < 1.29 is 9.53 Å². The summed E-state index contributed by atoms with van der Waals surface area (Å²) in [6.45, 7) is 4.73. The molecule has 0 N–H and O–H groups in total. The second-order valence-corrected chi connectivity index (χ2v) is 3.60. The normalized spacial score (nSPS) is 9.80. The van der Waals surface area contributed by atoms with Gasteiger partial charge in [-0.25, -0.2) is 4.79 Å². The third-order valence-electron chi connectivity index (χ3n) is 2.10. The third kappa shape index (κ3) is 3.62. The highest BCUT2D eigenvalue weighted by atomic mass is 16.6. The highest BCUT2D eigenvalue weighted by molar-refractivity contribution is 5.70. The zero-order chi connectivity index (χ0) is 11.3. The molecule has 0 aliphatic heterocycles. The van der Waals surface area contributed by atoms with E-state index in [2.05, 4.69) is 0 Å². The summed E-state index contributed by atoms with van der Waals surface area (Å²) < 4.78 is 5.17. The topological polar surface area (TPSA) is 29.5 Å². The quantitative estimate of drug-likeness (QED) is 0.762. The first-order chi connectivity index (χ1) is 7.13. The Morgan fingerprint density at radius 1 is 1.33 bits per heavy atom. The van der Waals surface area contributed by atoms with Crippen molar-refractivity contribution in [1.82, 2.24) is 4.90 Å². The average molecular weight is 207 g/mol. The minimum atomic E-state index is -0.305. The molecule has 0 saturated heterocycles. The molecular formula is C12H17NO2. The molecule has 0 bridgehead atoms.